The van der Waals surface area contributed by atoms with E-state index in [1.165, 1.54) is 12.1 Å². The highest BCUT2D eigenvalue weighted by molar-refractivity contribution is 6.30. The van der Waals surface area contributed by atoms with Crippen LogP contribution in [0.25, 0.3) is 0 Å². The van der Waals surface area contributed by atoms with Crippen LogP contribution in [0.2, 0.25) is 5.02 Å². The average molecular weight is 497 g/mol. The van der Waals surface area contributed by atoms with Gasteiger partial charge in [0.05, 0.1) is 18.1 Å². The summed E-state index contributed by atoms with van der Waals surface area (Å²) >= 11 is 6.03. The maximum atomic E-state index is 13.1. The predicted molar refractivity (Wildman–Crippen MR) is 133 cm³/mol. The Hall–Kier alpha value is -2.51. The zero-order chi connectivity index (χ0) is 24.4. The van der Waals surface area contributed by atoms with Crippen LogP contribution < -0.4 is 5.48 Å². The lowest BCUT2D eigenvalue weighted by molar-refractivity contribution is 0.0838. The number of aliphatic hydroxyl groups is 1. The minimum absolute atomic E-state index is 0.00260. The summed E-state index contributed by atoms with van der Waals surface area (Å²) in [6, 6.07) is 13.3. The molecule has 0 radical (unpaired) electrons. The number of Topliss-reactive ketones (excluding diaryl/α,β-unsaturated/α-hetero) is 1. The Morgan fingerprint density at radius 3 is 2.51 bits per heavy atom. The third-order valence-corrected chi connectivity index (χ3v) is 7.68. The summed E-state index contributed by atoms with van der Waals surface area (Å²) in [6.07, 6.45) is 6.73. The number of carbonyl (C=O) groups excluding carboxylic acids is 1. The van der Waals surface area contributed by atoms with Crippen LogP contribution in [0, 0.1) is 17.7 Å². The van der Waals surface area contributed by atoms with Crippen molar-refractivity contribution in [1.82, 2.24) is 10.4 Å². The molecule has 2 aliphatic heterocycles. The van der Waals surface area contributed by atoms with Gasteiger partial charge in [-0.1, -0.05) is 29.8 Å². The van der Waals surface area contributed by atoms with Gasteiger partial charge >= 0.3 is 0 Å². The molecule has 0 amide bonds. The fourth-order valence-corrected chi connectivity index (χ4v) is 5.52. The smallest absolute Gasteiger partial charge is 0.166 e. The van der Waals surface area contributed by atoms with Gasteiger partial charge in [0.1, 0.15) is 11.6 Å². The van der Waals surface area contributed by atoms with Crippen LogP contribution in [0.3, 0.4) is 0 Å². The van der Waals surface area contributed by atoms with Gasteiger partial charge in [-0.25, -0.2) is 4.39 Å². The molecule has 0 aromatic heterocycles. The van der Waals surface area contributed by atoms with Crippen molar-refractivity contribution in [2.75, 3.05) is 19.6 Å². The number of halogens is 2. The number of benzene rings is 2. The van der Waals surface area contributed by atoms with Gasteiger partial charge in [-0.05, 0) is 98.9 Å². The minimum atomic E-state index is -0.607. The van der Waals surface area contributed by atoms with Crippen molar-refractivity contribution in [1.29, 1.82) is 0 Å². The van der Waals surface area contributed by atoms with Crippen LogP contribution in [0.15, 0.2) is 72.0 Å². The Bertz CT molecular complexity index is 1110. The van der Waals surface area contributed by atoms with Crippen LogP contribution in [0.1, 0.15) is 47.6 Å². The monoisotopic (exact) mass is 496 g/mol. The maximum Gasteiger partial charge on any atom is 0.166 e. The van der Waals surface area contributed by atoms with Gasteiger partial charge in [0.25, 0.3) is 0 Å². The minimum Gasteiger partial charge on any atom is -0.412 e. The zero-order valence-electron chi connectivity index (χ0n) is 19.5. The first-order valence-electron chi connectivity index (χ1n) is 12.3. The fraction of sp³-hybridized carbons (Fsp3) is 0.393. The van der Waals surface area contributed by atoms with E-state index < -0.39 is 6.10 Å². The van der Waals surface area contributed by atoms with E-state index in [1.807, 2.05) is 36.4 Å². The Labute approximate surface area is 210 Å². The molecule has 0 bridgehead atoms. The van der Waals surface area contributed by atoms with E-state index >= 15 is 0 Å². The average Bonchev–Trinajstić information content (AvgIpc) is 3.31. The van der Waals surface area contributed by atoms with Crippen LogP contribution in [0.5, 0.6) is 0 Å². The molecule has 7 heteroatoms. The molecular weight excluding hydrogens is 467 g/mol. The summed E-state index contributed by atoms with van der Waals surface area (Å²) in [5.41, 5.74) is 5.71. The number of nitrogens with zero attached hydrogens (tertiary/aromatic N) is 1. The molecule has 3 aliphatic rings. The third-order valence-electron chi connectivity index (χ3n) is 7.43. The van der Waals surface area contributed by atoms with Gasteiger partial charge in [-0.15, -0.1) is 5.48 Å². The third kappa shape index (κ3) is 5.36. The van der Waals surface area contributed by atoms with E-state index in [-0.39, 0.29) is 29.5 Å². The van der Waals surface area contributed by atoms with Crippen molar-refractivity contribution in [3.05, 3.63) is 94.0 Å². The number of aliphatic hydroxyl groups excluding tert-OH is 1. The van der Waals surface area contributed by atoms with Gasteiger partial charge in [0.2, 0.25) is 0 Å². The highest BCUT2D eigenvalue weighted by Crippen LogP contribution is 2.42. The summed E-state index contributed by atoms with van der Waals surface area (Å²) in [5.74, 6) is 0.394. The number of nitrogens with one attached hydrogen (secondary N) is 1. The first kappa shape index (κ1) is 24.2. The molecule has 2 saturated heterocycles. The van der Waals surface area contributed by atoms with Gasteiger partial charge < -0.3 is 14.8 Å². The van der Waals surface area contributed by atoms with Crippen molar-refractivity contribution in [2.24, 2.45) is 11.8 Å². The SMILES string of the molecule is O=C(c1ccc(F)cc1)C1CCN(CCCC2=CC=C3ONC(c4ccc(Cl)cc4)C3C2O)CC1. The van der Waals surface area contributed by atoms with Crippen molar-refractivity contribution in [3.63, 3.8) is 0 Å². The highest BCUT2D eigenvalue weighted by Gasteiger charge is 2.42. The van der Waals surface area contributed by atoms with Crippen molar-refractivity contribution in [3.8, 4) is 0 Å². The number of likely N-dealkylation sites (tertiary alicyclic amines) is 1. The largest absolute Gasteiger partial charge is 0.412 e. The summed E-state index contributed by atoms with van der Waals surface area (Å²) in [5, 5.41) is 11.8. The number of hydrogen-bond donors (Lipinski definition) is 2. The molecule has 3 unspecified atom stereocenters. The normalized spacial score (nSPS) is 24.9. The first-order valence-corrected chi connectivity index (χ1v) is 12.7. The highest BCUT2D eigenvalue weighted by atomic mass is 35.5. The Kier molecular flexibility index (Phi) is 7.35. The molecule has 5 rings (SSSR count). The second-order valence-electron chi connectivity index (χ2n) is 9.62. The molecule has 2 aromatic rings. The van der Waals surface area contributed by atoms with Crippen molar-refractivity contribution < 1.29 is 19.1 Å². The van der Waals surface area contributed by atoms with Gasteiger partial charge in [0, 0.05) is 16.5 Å². The van der Waals surface area contributed by atoms with Gasteiger partial charge in [-0.3, -0.25) is 4.79 Å². The lowest BCUT2D eigenvalue weighted by atomic mass is 9.81. The van der Waals surface area contributed by atoms with Crippen LogP contribution in [-0.4, -0.2) is 41.5 Å². The van der Waals surface area contributed by atoms with Crippen molar-refractivity contribution in [2.45, 2.75) is 37.8 Å². The molecule has 184 valence electrons. The number of fused-ring (bicyclic) bond motifs is 1. The van der Waals surface area contributed by atoms with Crippen LogP contribution >= 0.6 is 11.6 Å². The standard InChI is InChI=1S/C28H30ClFN2O3/c29-22-8-3-18(4-9-22)26-25-24(35-31-26)12-7-19(28(25)34)2-1-15-32-16-13-21(14-17-32)27(33)20-5-10-23(30)11-6-20/h3-12,21,25-26,28,31,34H,1-2,13-17H2. The summed E-state index contributed by atoms with van der Waals surface area (Å²) in [7, 11) is 0. The molecule has 35 heavy (non-hydrogen) atoms. The number of allylic oxidation sites excluding steroid dienone is 2. The molecular formula is C28H30ClFN2O3. The fourth-order valence-electron chi connectivity index (χ4n) is 5.39. The van der Waals surface area contributed by atoms with E-state index in [2.05, 4.69) is 10.4 Å². The second-order valence-corrected chi connectivity index (χ2v) is 10.1. The van der Waals surface area contributed by atoms with Crippen LogP contribution in [0.4, 0.5) is 4.39 Å². The number of rotatable bonds is 7. The summed E-state index contributed by atoms with van der Waals surface area (Å²) < 4.78 is 13.1. The van der Waals surface area contributed by atoms with Gasteiger partial charge in [0.15, 0.2) is 5.78 Å². The molecule has 2 heterocycles. The molecule has 1 aliphatic carbocycles. The van der Waals surface area contributed by atoms with E-state index in [0.717, 1.165) is 62.2 Å². The lowest BCUT2D eigenvalue weighted by Crippen LogP contribution is -2.37. The molecule has 3 atom stereocenters. The Morgan fingerprint density at radius 1 is 1.09 bits per heavy atom. The zero-order valence-corrected chi connectivity index (χ0v) is 20.3. The number of piperidine rings is 1. The van der Waals surface area contributed by atoms with E-state index in [0.29, 0.717) is 10.6 Å². The Morgan fingerprint density at radius 2 is 1.80 bits per heavy atom. The van der Waals surface area contributed by atoms with E-state index in [1.54, 1.807) is 12.1 Å². The summed E-state index contributed by atoms with van der Waals surface area (Å²) in [4.78, 5) is 20.8. The number of hydrogen-bond acceptors (Lipinski definition) is 5. The number of ketones is 1. The van der Waals surface area contributed by atoms with E-state index in [4.69, 9.17) is 16.4 Å². The van der Waals surface area contributed by atoms with Crippen LogP contribution in [-0.2, 0) is 4.84 Å². The Balaban J connectivity index is 1.10. The quantitative estimate of drug-likeness (QED) is 0.514. The van der Waals surface area contributed by atoms with Crippen molar-refractivity contribution >= 4 is 17.4 Å². The topological polar surface area (TPSA) is 61.8 Å². The summed E-state index contributed by atoms with van der Waals surface area (Å²) in [6.45, 7) is 2.68. The maximum absolute atomic E-state index is 13.1. The molecule has 0 spiro atoms. The molecule has 0 saturated carbocycles. The molecule has 2 N–H and O–H groups in total. The number of hydroxylamine groups is 1. The lowest BCUT2D eigenvalue weighted by Gasteiger charge is -2.32. The molecule has 2 fully saturated rings. The molecule has 5 nitrogen and oxygen atoms in total. The second kappa shape index (κ2) is 10.6. The predicted octanol–water partition coefficient (Wildman–Crippen LogP) is 5.23. The molecule has 2 aromatic carbocycles. The van der Waals surface area contributed by atoms with E-state index in [9.17, 15) is 14.3 Å². The van der Waals surface area contributed by atoms with Gasteiger partial charge in [-0.2, -0.15) is 0 Å². The first-order chi connectivity index (χ1) is 17.0. The number of carbonyl (C=O) groups is 1.